The van der Waals surface area contributed by atoms with Crippen LogP contribution in [0.25, 0.3) is 0 Å². The number of rotatable bonds is 7. The molecule has 0 aliphatic heterocycles. The van der Waals surface area contributed by atoms with E-state index in [9.17, 15) is 4.79 Å². The minimum atomic E-state index is -0.273. The molecule has 0 aliphatic carbocycles. The van der Waals surface area contributed by atoms with E-state index >= 15 is 0 Å². The van der Waals surface area contributed by atoms with Gasteiger partial charge in [-0.25, -0.2) is 4.79 Å². The minimum Gasteiger partial charge on any atom is -0.458 e. The maximum atomic E-state index is 11.9. The molecular formula is C18H26O2. The second-order valence-electron chi connectivity index (χ2n) is 5.69. The Labute approximate surface area is 122 Å². The summed E-state index contributed by atoms with van der Waals surface area (Å²) in [5.41, 5.74) is 3.15. The van der Waals surface area contributed by atoms with E-state index in [1.165, 1.54) is 11.1 Å². The topological polar surface area (TPSA) is 26.3 Å². The Morgan fingerprint density at radius 3 is 2.65 bits per heavy atom. The summed E-state index contributed by atoms with van der Waals surface area (Å²) in [5.74, 6) is 0.878. The van der Waals surface area contributed by atoms with Crippen molar-refractivity contribution in [1.29, 1.82) is 0 Å². The second-order valence-corrected chi connectivity index (χ2v) is 5.69. The molecule has 0 bridgehead atoms. The molecule has 0 spiro atoms. The highest BCUT2D eigenvalue weighted by molar-refractivity contribution is 5.89. The molecule has 1 atom stereocenters. The minimum absolute atomic E-state index is 0.255. The normalized spacial score (nSPS) is 12.2. The van der Waals surface area contributed by atoms with Crippen LogP contribution in [0.15, 0.2) is 30.9 Å². The van der Waals surface area contributed by atoms with E-state index in [0.29, 0.717) is 17.4 Å². The van der Waals surface area contributed by atoms with Crippen LogP contribution in [-0.4, -0.2) is 12.6 Å². The molecule has 1 unspecified atom stereocenters. The summed E-state index contributed by atoms with van der Waals surface area (Å²) in [6.07, 6.45) is 3.81. The van der Waals surface area contributed by atoms with Crippen LogP contribution >= 0.6 is 0 Å². The first-order valence-corrected chi connectivity index (χ1v) is 7.38. The number of hydrogen-bond donors (Lipinski definition) is 0. The van der Waals surface area contributed by atoms with Crippen molar-refractivity contribution in [1.82, 2.24) is 0 Å². The quantitative estimate of drug-likeness (QED) is 0.523. The van der Waals surface area contributed by atoms with Gasteiger partial charge in [-0.05, 0) is 54.9 Å². The summed E-state index contributed by atoms with van der Waals surface area (Å²) in [7, 11) is 0. The summed E-state index contributed by atoms with van der Waals surface area (Å²) >= 11 is 0. The molecule has 0 saturated carbocycles. The maximum absolute atomic E-state index is 11.9. The highest BCUT2D eigenvalue weighted by Crippen LogP contribution is 2.30. The zero-order valence-electron chi connectivity index (χ0n) is 13.1. The Morgan fingerprint density at radius 1 is 1.40 bits per heavy atom. The first kappa shape index (κ1) is 16.5. The van der Waals surface area contributed by atoms with Crippen molar-refractivity contribution < 1.29 is 9.53 Å². The molecule has 0 heterocycles. The molecule has 0 aliphatic rings. The van der Waals surface area contributed by atoms with Crippen LogP contribution < -0.4 is 0 Å². The van der Waals surface area contributed by atoms with Gasteiger partial charge in [-0.3, -0.25) is 0 Å². The first-order valence-electron chi connectivity index (χ1n) is 7.38. The van der Waals surface area contributed by atoms with Gasteiger partial charge < -0.3 is 4.74 Å². The summed E-state index contributed by atoms with van der Waals surface area (Å²) in [5, 5.41) is 0. The van der Waals surface area contributed by atoms with Crippen LogP contribution in [0.2, 0.25) is 0 Å². The van der Waals surface area contributed by atoms with Gasteiger partial charge in [-0.15, -0.1) is 0 Å². The second kappa shape index (κ2) is 7.88. The van der Waals surface area contributed by atoms with Gasteiger partial charge in [-0.2, -0.15) is 0 Å². The highest BCUT2D eigenvalue weighted by Gasteiger charge is 2.16. The van der Waals surface area contributed by atoms with Gasteiger partial charge in [0.1, 0.15) is 6.61 Å². The fourth-order valence-corrected chi connectivity index (χ4v) is 2.51. The molecule has 0 amide bonds. The predicted molar refractivity (Wildman–Crippen MR) is 84.1 cm³/mol. The highest BCUT2D eigenvalue weighted by atomic mass is 16.5. The third kappa shape index (κ3) is 4.52. The van der Waals surface area contributed by atoms with Crippen molar-refractivity contribution in [2.75, 3.05) is 6.61 Å². The first-order chi connectivity index (χ1) is 9.49. The summed E-state index contributed by atoms with van der Waals surface area (Å²) in [4.78, 5) is 11.9. The fourth-order valence-electron chi connectivity index (χ4n) is 2.51. The third-order valence-electron chi connectivity index (χ3n) is 3.54. The molecule has 2 nitrogen and oxygen atoms in total. The number of ether oxygens (including phenoxy) is 1. The largest absolute Gasteiger partial charge is 0.458 e. The van der Waals surface area contributed by atoms with Crippen LogP contribution in [0, 0.1) is 12.8 Å². The average Bonchev–Trinajstić information content (AvgIpc) is 2.42. The summed E-state index contributed by atoms with van der Waals surface area (Å²) in [6, 6.07) is 5.85. The lowest BCUT2D eigenvalue weighted by atomic mass is 9.85. The molecule has 1 rings (SSSR count). The Morgan fingerprint density at radius 2 is 2.10 bits per heavy atom. The molecule has 0 saturated heterocycles. The van der Waals surface area contributed by atoms with E-state index in [4.69, 9.17) is 4.74 Å². The van der Waals surface area contributed by atoms with E-state index in [0.717, 1.165) is 12.8 Å². The SMILES string of the molecule is C=CCOC(=O)c1ccc(C)c(C(CC)CC(C)C)c1. The Balaban J connectivity index is 3.00. The molecule has 0 N–H and O–H groups in total. The summed E-state index contributed by atoms with van der Waals surface area (Å²) in [6.45, 7) is 12.6. The maximum Gasteiger partial charge on any atom is 0.338 e. The van der Waals surface area contributed by atoms with Crippen molar-refractivity contribution >= 4 is 5.97 Å². The van der Waals surface area contributed by atoms with Gasteiger partial charge in [0, 0.05) is 0 Å². The standard InChI is InChI=1S/C18H26O2/c1-6-10-20-18(19)16-9-8-14(5)17(12-16)15(7-2)11-13(3)4/h6,8-9,12-13,15H,1,7,10-11H2,2-5H3. The Kier molecular flexibility index (Phi) is 6.50. The predicted octanol–water partition coefficient (Wildman–Crippen LogP) is 4.88. The number of esters is 1. The van der Waals surface area contributed by atoms with Gasteiger partial charge in [-0.1, -0.05) is 39.5 Å². The lowest BCUT2D eigenvalue weighted by Gasteiger charge is -2.20. The van der Waals surface area contributed by atoms with Crippen LogP contribution in [0.1, 0.15) is 61.0 Å². The van der Waals surface area contributed by atoms with Gasteiger partial charge in [0.15, 0.2) is 0 Å². The molecule has 1 aromatic carbocycles. The lowest BCUT2D eigenvalue weighted by Crippen LogP contribution is -2.09. The van der Waals surface area contributed by atoms with Crippen molar-refractivity contribution in [2.24, 2.45) is 5.92 Å². The van der Waals surface area contributed by atoms with Crippen molar-refractivity contribution in [3.63, 3.8) is 0 Å². The number of carbonyl (C=O) groups excluding carboxylic acids is 1. The van der Waals surface area contributed by atoms with Crippen LogP contribution in [-0.2, 0) is 4.74 Å². The molecule has 0 radical (unpaired) electrons. The van der Waals surface area contributed by atoms with E-state index in [-0.39, 0.29) is 12.6 Å². The molecule has 1 aromatic rings. The van der Waals surface area contributed by atoms with Crippen LogP contribution in [0.5, 0.6) is 0 Å². The average molecular weight is 274 g/mol. The molecule has 20 heavy (non-hydrogen) atoms. The molecular weight excluding hydrogens is 248 g/mol. The number of hydrogen-bond acceptors (Lipinski definition) is 2. The Bertz CT molecular complexity index is 460. The molecule has 110 valence electrons. The van der Waals surface area contributed by atoms with Gasteiger partial charge >= 0.3 is 5.97 Å². The van der Waals surface area contributed by atoms with Crippen LogP contribution in [0.3, 0.4) is 0 Å². The van der Waals surface area contributed by atoms with Gasteiger partial charge in [0.25, 0.3) is 0 Å². The molecule has 0 aromatic heterocycles. The van der Waals surface area contributed by atoms with E-state index in [2.05, 4.69) is 34.3 Å². The van der Waals surface area contributed by atoms with E-state index in [1.807, 2.05) is 18.2 Å². The lowest BCUT2D eigenvalue weighted by molar-refractivity contribution is 0.0549. The zero-order valence-corrected chi connectivity index (χ0v) is 13.1. The molecule has 2 heteroatoms. The fraction of sp³-hybridized carbons (Fsp3) is 0.500. The summed E-state index contributed by atoms with van der Waals surface area (Å²) < 4.78 is 5.11. The smallest absolute Gasteiger partial charge is 0.338 e. The molecule has 0 fully saturated rings. The van der Waals surface area contributed by atoms with Crippen molar-refractivity contribution in [3.8, 4) is 0 Å². The number of benzene rings is 1. The van der Waals surface area contributed by atoms with Gasteiger partial charge in [0.2, 0.25) is 0 Å². The van der Waals surface area contributed by atoms with E-state index in [1.54, 1.807) is 6.08 Å². The van der Waals surface area contributed by atoms with E-state index < -0.39 is 0 Å². The number of aryl methyl sites for hydroxylation is 1. The van der Waals surface area contributed by atoms with Crippen molar-refractivity contribution in [2.45, 2.75) is 46.5 Å². The zero-order chi connectivity index (χ0) is 15.1. The van der Waals surface area contributed by atoms with Gasteiger partial charge in [0.05, 0.1) is 5.56 Å². The Hall–Kier alpha value is -1.57. The van der Waals surface area contributed by atoms with Crippen molar-refractivity contribution in [3.05, 3.63) is 47.5 Å². The van der Waals surface area contributed by atoms with Crippen LogP contribution in [0.4, 0.5) is 0 Å². The number of carbonyl (C=O) groups is 1. The monoisotopic (exact) mass is 274 g/mol. The third-order valence-corrected chi connectivity index (χ3v) is 3.54.